The van der Waals surface area contributed by atoms with Crippen LogP contribution in [0.3, 0.4) is 0 Å². The van der Waals surface area contributed by atoms with Gasteiger partial charge < -0.3 is 19.7 Å². The SMILES string of the molecule is CCC1CCC(NCC2(OC)CCN(C(=O)OC(C)(C)C)CC2)CC1. The summed E-state index contributed by atoms with van der Waals surface area (Å²) in [6.07, 6.45) is 8.09. The quantitative estimate of drug-likeness (QED) is 0.812. The molecule has 0 atom stereocenters. The minimum Gasteiger partial charge on any atom is -0.444 e. The van der Waals surface area contributed by atoms with Crippen LogP contribution in [0.5, 0.6) is 0 Å². The maximum absolute atomic E-state index is 12.2. The Kier molecular flexibility index (Phi) is 7.15. The molecule has 0 radical (unpaired) electrons. The number of piperidine rings is 1. The molecule has 1 N–H and O–H groups in total. The number of hydrogen-bond donors (Lipinski definition) is 1. The number of rotatable bonds is 5. The van der Waals surface area contributed by atoms with Crippen molar-refractivity contribution >= 4 is 6.09 Å². The van der Waals surface area contributed by atoms with Crippen molar-refractivity contribution in [3.8, 4) is 0 Å². The third-order valence-corrected chi connectivity index (χ3v) is 5.90. The number of carbonyl (C=O) groups excluding carboxylic acids is 1. The van der Waals surface area contributed by atoms with E-state index in [1.54, 1.807) is 7.11 Å². The van der Waals surface area contributed by atoms with Gasteiger partial charge in [0.05, 0.1) is 5.60 Å². The molecule has 2 fully saturated rings. The number of hydrogen-bond acceptors (Lipinski definition) is 4. The average molecular weight is 355 g/mol. The molecule has 25 heavy (non-hydrogen) atoms. The number of nitrogens with zero attached hydrogens (tertiary/aromatic N) is 1. The number of amides is 1. The molecule has 0 aromatic carbocycles. The molecule has 0 aromatic rings. The van der Waals surface area contributed by atoms with Crippen molar-refractivity contribution in [1.29, 1.82) is 0 Å². The lowest BCUT2D eigenvalue weighted by molar-refractivity contribution is -0.0605. The molecule has 1 aliphatic carbocycles. The maximum Gasteiger partial charge on any atom is 0.410 e. The Morgan fingerprint density at radius 3 is 2.24 bits per heavy atom. The lowest BCUT2D eigenvalue weighted by Gasteiger charge is -2.42. The van der Waals surface area contributed by atoms with Crippen LogP contribution in [-0.2, 0) is 9.47 Å². The highest BCUT2D eigenvalue weighted by molar-refractivity contribution is 5.68. The molecule has 0 spiro atoms. The van der Waals surface area contributed by atoms with E-state index in [0.29, 0.717) is 19.1 Å². The molecule has 2 aliphatic rings. The zero-order chi connectivity index (χ0) is 18.5. The highest BCUT2D eigenvalue weighted by Crippen LogP contribution is 2.29. The Morgan fingerprint density at radius 2 is 1.76 bits per heavy atom. The molecule has 1 saturated carbocycles. The van der Waals surface area contributed by atoms with Crippen LogP contribution in [0.1, 0.15) is 72.6 Å². The third-order valence-electron chi connectivity index (χ3n) is 5.90. The monoisotopic (exact) mass is 354 g/mol. The molecule has 1 aliphatic heterocycles. The summed E-state index contributed by atoms with van der Waals surface area (Å²) in [4.78, 5) is 14.0. The van der Waals surface area contributed by atoms with Gasteiger partial charge in [0, 0.05) is 32.8 Å². The highest BCUT2D eigenvalue weighted by Gasteiger charge is 2.37. The fraction of sp³-hybridized carbons (Fsp3) is 0.950. The largest absolute Gasteiger partial charge is 0.444 e. The molecule has 1 saturated heterocycles. The van der Waals surface area contributed by atoms with Crippen molar-refractivity contribution in [1.82, 2.24) is 10.2 Å². The molecule has 1 amide bonds. The van der Waals surface area contributed by atoms with Gasteiger partial charge in [-0.05, 0) is 65.2 Å². The second kappa shape index (κ2) is 8.72. The number of carbonyl (C=O) groups is 1. The number of nitrogens with one attached hydrogen (secondary N) is 1. The molecule has 0 unspecified atom stereocenters. The second-order valence-corrected chi connectivity index (χ2v) is 8.86. The van der Waals surface area contributed by atoms with Gasteiger partial charge in [-0.1, -0.05) is 13.3 Å². The normalized spacial score (nSPS) is 27.2. The van der Waals surface area contributed by atoms with Gasteiger partial charge in [-0.15, -0.1) is 0 Å². The van der Waals surface area contributed by atoms with E-state index in [0.717, 1.165) is 25.3 Å². The minimum absolute atomic E-state index is 0.153. The van der Waals surface area contributed by atoms with Crippen LogP contribution in [0, 0.1) is 5.92 Å². The molecule has 5 nitrogen and oxygen atoms in total. The first-order valence-corrected chi connectivity index (χ1v) is 10.0. The third kappa shape index (κ3) is 6.14. The van der Waals surface area contributed by atoms with E-state index in [2.05, 4.69) is 12.2 Å². The zero-order valence-corrected chi connectivity index (χ0v) is 16.9. The molecule has 1 heterocycles. The summed E-state index contributed by atoms with van der Waals surface area (Å²) in [5.41, 5.74) is -0.591. The lowest BCUT2D eigenvalue weighted by atomic mass is 9.84. The summed E-state index contributed by atoms with van der Waals surface area (Å²) in [6.45, 7) is 10.3. The second-order valence-electron chi connectivity index (χ2n) is 8.86. The summed E-state index contributed by atoms with van der Waals surface area (Å²) in [5, 5.41) is 3.75. The van der Waals surface area contributed by atoms with Crippen LogP contribution < -0.4 is 5.32 Å². The fourth-order valence-corrected chi connectivity index (χ4v) is 3.98. The summed E-state index contributed by atoms with van der Waals surface area (Å²) in [6, 6.07) is 0.624. The number of likely N-dealkylation sites (tertiary alicyclic amines) is 1. The standard InChI is InChI=1S/C20H38N2O3/c1-6-16-7-9-17(10-8-16)21-15-20(24-5)11-13-22(14-12-20)18(23)25-19(2,3)4/h16-17,21H,6-15H2,1-5H3. The van der Waals surface area contributed by atoms with Crippen LogP contribution in [0.25, 0.3) is 0 Å². The molecular weight excluding hydrogens is 316 g/mol. The smallest absolute Gasteiger partial charge is 0.410 e. The van der Waals surface area contributed by atoms with Crippen molar-refractivity contribution in [3.05, 3.63) is 0 Å². The number of methoxy groups -OCH3 is 1. The molecule has 146 valence electrons. The fourth-order valence-electron chi connectivity index (χ4n) is 3.98. The van der Waals surface area contributed by atoms with Gasteiger partial charge in [-0.3, -0.25) is 0 Å². The number of ether oxygens (including phenoxy) is 2. The van der Waals surface area contributed by atoms with Crippen LogP contribution in [0.4, 0.5) is 4.79 Å². The van der Waals surface area contributed by atoms with E-state index in [-0.39, 0.29) is 11.7 Å². The van der Waals surface area contributed by atoms with Gasteiger partial charge in [0.2, 0.25) is 0 Å². The maximum atomic E-state index is 12.2. The van der Waals surface area contributed by atoms with Crippen LogP contribution in [-0.4, -0.2) is 55.0 Å². The van der Waals surface area contributed by atoms with E-state index in [9.17, 15) is 4.79 Å². The Bertz CT molecular complexity index is 417. The van der Waals surface area contributed by atoms with Crippen LogP contribution in [0.15, 0.2) is 0 Å². The Hall–Kier alpha value is -0.810. The van der Waals surface area contributed by atoms with Crippen molar-refractivity contribution < 1.29 is 14.3 Å². The van der Waals surface area contributed by atoms with E-state index < -0.39 is 5.60 Å². The molecular formula is C20H38N2O3. The summed E-state index contributed by atoms with van der Waals surface area (Å²) >= 11 is 0. The minimum atomic E-state index is -0.439. The molecule has 0 bridgehead atoms. The summed E-state index contributed by atoms with van der Waals surface area (Å²) < 4.78 is 11.4. The Morgan fingerprint density at radius 1 is 1.16 bits per heavy atom. The predicted octanol–water partition coefficient (Wildman–Crippen LogP) is 3.96. The first-order valence-electron chi connectivity index (χ1n) is 10.0. The highest BCUT2D eigenvalue weighted by atomic mass is 16.6. The molecule has 2 rings (SSSR count). The zero-order valence-electron chi connectivity index (χ0n) is 16.9. The van der Waals surface area contributed by atoms with Gasteiger partial charge >= 0.3 is 6.09 Å². The summed E-state index contributed by atoms with van der Waals surface area (Å²) in [5.74, 6) is 0.923. The Balaban J connectivity index is 1.78. The van der Waals surface area contributed by atoms with Gasteiger partial charge in [0.15, 0.2) is 0 Å². The topological polar surface area (TPSA) is 50.8 Å². The first kappa shape index (κ1) is 20.5. The van der Waals surface area contributed by atoms with Crippen molar-refractivity contribution in [2.24, 2.45) is 5.92 Å². The van der Waals surface area contributed by atoms with Crippen LogP contribution in [0.2, 0.25) is 0 Å². The van der Waals surface area contributed by atoms with E-state index in [1.165, 1.54) is 32.1 Å². The molecule has 5 heteroatoms. The van der Waals surface area contributed by atoms with Gasteiger partial charge in [0.1, 0.15) is 5.60 Å². The lowest BCUT2D eigenvalue weighted by Crippen LogP contribution is -2.54. The van der Waals surface area contributed by atoms with Crippen molar-refractivity contribution in [2.45, 2.75) is 89.9 Å². The van der Waals surface area contributed by atoms with Gasteiger partial charge in [0.25, 0.3) is 0 Å². The van der Waals surface area contributed by atoms with E-state index in [1.807, 2.05) is 25.7 Å². The average Bonchev–Trinajstić information content (AvgIpc) is 2.59. The van der Waals surface area contributed by atoms with E-state index in [4.69, 9.17) is 9.47 Å². The van der Waals surface area contributed by atoms with E-state index >= 15 is 0 Å². The van der Waals surface area contributed by atoms with Crippen LogP contribution >= 0.6 is 0 Å². The van der Waals surface area contributed by atoms with Gasteiger partial charge in [-0.25, -0.2) is 4.79 Å². The van der Waals surface area contributed by atoms with Crippen molar-refractivity contribution in [2.75, 3.05) is 26.7 Å². The van der Waals surface area contributed by atoms with Crippen molar-refractivity contribution in [3.63, 3.8) is 0 Å². The first-order chi connectivity index (χ1) is 11.8. The molecule has 0 aromatic heterocycles. The summed E-state index contributed by atoms with van der Waals surface area (Å²) in [7, 11) is 1.80. The predicted molar refractivity (Wildman–Crippen MR) is 101 cm³/mol. The Labute approximate surface area is 153 Å². The van der Waals surface area contributed by atoms with Gasteiger partial charge in [-0.2, -0.15) is 0 Å².